The predicted octanol–water partition coefficient (Wildman–Crippen LogP) is 0.452. The van der Waals surface area contributed by atoms with Crippen LogP contribution in [-0.4, -0.2) is 47.6 Å². The van der Waals surface area contributed by atoms with E-state index in [9.17, 15) is 9.59 Å². The number of nitrogens with zero attached hydrogens (tertiary/aromatic N) is 1. The van der Waals surface area contributed by atoms with Crippen molar-refractivity contribution in [3.8, 4) is 0 Å². The molecule has 0 bridgehead atoms. The number of nitrogens with one attached hydrogen (secondary N) is 1. The molecule has 1 saturated heterocycles. The predicted molar refractivity (Wildman–Crippen MR) is 60.1 cm³/mol. The number of amides is 1. The number of rotatable bonds is 5. The minimum Gasteiger partial charge on any atom is -0.480 e. The second-order valence-electron chi connectivity index (χ2n) is 4.16. The summed E-state index contributed by atoms with van der Waals surface area (Å²) in [5.74, 6) is -1.01. The topological polar surface area (TPSA) is 69.6 Å². The summed E-state index contributed by atoms with van der Waals surface area (Å²) in [6, 6.07) is -0.181. The summed E-state index contributed by atoms with van der Waals surface area (Å²) in [6.07, 6.45) is 3.73. The van der Waals surface area contributed by atoms with E-state index in [1.54, 1.807) is 0 Å². The van der Waals surface area contributed by atoms with Crippen molar-refractivity contribution in [1.29, 1.82) is 0 Å². The van der Waals surface area contributed by atoms with Crippen molar-refractivity contribution in [1.82, 2.24) is 10.2 Å². The van der Waals surface area contributed by atoms with Crippen LogP contribution in [0, 0.1) is 0 Å². The molecular formula is C11H20N2O3. The van der Waals surface area contributed by atoms with Crippen LogP contribution < -0.4 is 5.32 Å². The van der Waals surface area contributed by atoms with E-state index < -0.39 is 5.97 Å². The van der Waals surface area contributed by atoms with Gasteiger partial charge in [0, 0.05) is 6.54 Å². The molecule has 2 N–H and O–H groups in total. The Morgan fingerprint density at radius 3 is 2.69 bits per heavy atom. The lowest BCUT2D eigenvalue weighted by Crippen LogP contribution is -2.50. The van der Waals surface area contributed by atoms with Gasteiger partial charge in [0.1, 0.15) is 6.54 Å². The molecule has 1 amide bonds. The largest absolute Gasteiger partial charge is 0.480 e. The molecule has 0 spiro atoms. The summed E-state index contributed by atoms with van der Waals surface area (Å²) in [4.78, 5) is 24.1. The number of carbonyl (C=O) groups is 2. The van der Waals surface area contributed by atoms with Gasteiger partial charge in [-0.1, -0.05) is 13.3 Å². The van der Waals surface area contributed by atoms with Gasteiger partial charge in [0.25, 0.3) is 0 Å². The van der Waals surface area contributed by atoms with Crippen molar-refractivity contribution in [3.63, 3.8) is 0 Å². The fourth-order valence-corrected chi connectivity index (χ4v) is 1.98. The number of aliphatic carboxylic acids is 1. The number of hydrogen-bond acceptors (Lipinski definition) is 3. The lowest BCUT2D eigenvalue weighted by atomic mass is 10.0. The van der Waals surface area contributed by atoms with E-state index >= 15 is 0 Å². The van der Waals surface area contributed by atoms with E-state index in [4.69, 9.17) is 5.11 Å². The summed E-state index contributed by atoms with van der Waals surface area (Å²) < 4.78 is 0. The lowest BCUT2D eigenvalue weighted by molar-refractivity contribution is -0.145. The van der Waals surface area contributed by atoms with Crippen LogP contribution in [0.3, 0.4) is 0 Å². The van der Waals surface area contributed by atoms with Gasteiger partial charge in [0.05, 0.1) is 6.04 Å². The van der Waals surface area contributed by atoms with Crippen molar-refractivity contribution < 1.29 is 14.7 Å². The van der Waals surface area contributed by atoms with Gasteiger partial charge in [0.15, 0.2) is 0 Å². The van der Waals surface area contributed by atoms with Crippen LogP contribution in [-0.2, 0) is 9.59 Å². The van der Waals surface area contributed by atoms with Gasteiger partial charge in [0.2, 0.25) is 5.91 Å². The first kappa shape index (κ1) is 13.0. The Morgan fingerprint density at radius 1 is 1.44 bits per heavy atom. The quantitative estimate of drug-likeness (QED) is 0.717. The summed E-state index contributed by atoms with van der Waals surface area (Å²) in [5, 5.41) is 11.9. The maximum Gasteiger partial charge on any atom is 0.323 e. The number of piperidine rings is 1. The zero-order valence-corrected chi connectivity index (χ0v) is 9.74. The number of hydrogen-bond donors (Lipinski definition) is 2. The summed E-state index contributed by atoms with van der Waals surface area (Å²) in [7, 11) is 0. The van der Waals surface area contributed by atoms with Crippen LogP contribution in [0.15, 0.2) is 0 Å². The first-order valence-corrected chi connectivity index (χ1v) is 5.89. The Labute approximate surface area is 95.8 Å². The van der Waals surface area contributed by atoms with Crippen LogP contribution >= 0.6 is 0 Å². The monoisotopic (exact) mass is 228 g/mol. The van der Waals surface area contributed by atoms with Gasteiger partial charge in [-0.05, 0) is 25.8 Å². The zero-order valence-electron chi connectivity index (χ0n) is 9.74. The van der Waals surface area contributed by atoms with Gasteiger partial charge in [-0.2, -0.15) is 0 Å². The van der Waals surface area contributed by atoms with Crippen LogP contribution in [0.4, 0.5) is 0 Å². The normalized spacial score (nSPS) is 20.4. The second kappa shape index (κ2) is 6.48. The first-order valence-electron chi connectivity index (χ1n) is 5.89. The van der Waals surface area contributed by atoms with Gasteiger partial charge in [-0.15, -0.1) is 0 Å². The Hall–Kier alpha value is -1.10. The smallest absolute Gasteiger partial charge is 0.323 e. The van der Waals surface area contributed by atoms with Crippen LogP contribution in [0.2, 0.25) is 0 Å². The molecule has 0 radical (unpaired) electrons. The highest BCUT2D eigenvalue weighted by atomic mass is 16.4. The zero-order chi connectivity index (χ0) is 12.0. The van der Waals surface area contributed by atoms with Gasteiger partial charge < -0.3 is 15.3 Å². The molecule has 1 fully saturated rings. The minimum absolute atomic E-state index is 0.0658. The second-order valence-corrected chi connectivity index (χ2v) is 4.16. The van der Waals surface area contributed by atoms with Crippen molar-refractivity contribution in [2.75, 3.05) is 19.6 Å². The van der Waals surface area contributed by atoms with Crippen molar-refractivity contribution in [2.24, 2.45) is 0 Å². The maximum absolute atomic E-state index is 12.0. The molecule has 0 saturated carbocycles. The molecular weight excluding hydrogens is 208 g/mol. The summed E-state index contributed by atoms with van der Waals surface area (Å²) in [5.41, 5.74) is 0. The molecule has 1 heterocycles. The highest BCUT2D eigenvalue weighted by Crippen LogP contribution is 2.10. The number of carboxylic acid groups (broad SMARTS) is 1. The fourth-order valence-electron chi connectivity index (χ4n) is 1.98. The fraction of sp³-hybridized carbons (Fsp3) is 0.818. The van der Waals surface area contributed by atoms with E-state index in [0.29, 0.717) is 6.54 Å². The summed E-state index contributed by atoms with van der Waals surface area (Å²) >= 11 is 0. The molecule has 1 aliphatic heterocycles. The van der Waals surface area contributed by atoms with Gasteiger partial charge in [-0.25, -0.2) is 0 Å². The van der Waals surface area contributed by atoms with Crippen LogP contribution in [0.1, 0.15) is 32.6 Å². The summed E-state index contributed by atoms with van der Waals surface area (Å²) in [6.45, 7) is 3.12. The molecule has 1 rings (SSSR count). The Balaban J connectivity index is 2.54. The van der Waals surface area contributed by atoms with Crippen LogP contribution in [0.5, 0.6) is 0 Å². The molecule has 0 aromatic heterocycles. The van der Waals surface area contributed by atoms with E-state index in [-0.39, 0.29) is 18.5 Å². The standard InChI is InChI=1S/C11H20N2O3/c1-2-7-13(8-10(14)15)11(16)9-5-3-4-6-12-9/h9,12H,2-8H2,1H3,(H,14,15)/t9-/m0/s1. The van der Waals surface area contributed by atoms with Crippen molar-refractivity contribution in [3.05, 3.63) is 0 Å². The first-order chi connectivity index (χ1) is 7.65. The Morgan fingerprint density at radius 2 is 2.19 bits per heavy atom. The molecule has 0 aromatic rings. The average molecular weight is 228 g/mol. The molecule has 1 atom stereocenters. The van der Waals surface area contributed by atoms with Crippen molar-refractivity contribution in [2.45, 2.75) is 38.6 Å². The highest BCUT2D eigenvalue weighted by molar-refractivity contribution is 5.85. The maximum atomic E-state index is 12.0. The minimum atomic E-state index is -0.947. The van der Waals surface area contributed by atoms with E-state index in [2.05, 4.69) is 5.32 Å². The molecule has 0 aliphatic carbocycles. The lowest BCUT2D eigenvalue weighted by Gasteiger charge is -2.28. The number of carbonyl (C=O) groups excluding carboxylic acids is 1. The molecule has 1 aliphatic rings. The SMILES string of the molecule is CCCN(CC(=O)O)C(=O)[C@@H]1CCCCN1. The highest BCUT2D eigenvalue weighted by Gasteiger charge is 2.26. The molecule has 92 valence electrons. The molecule has 5 nitrogen and oxygen atoms in total. The number of carboxylic acids is 1. The van der Waals surface area contributed by atoms with Gasteiger partial charge >= 0.3 is 5.97 Å². The molecule has 16 heavy (non-hydrogen) atoms. The average Bonchev–Trinajstić information content (AvgIpc) is 2.28. The molecule has 5 heteroatoms. The molecule has 0 aromatic carbocycles. The third kappa shape index (κ3) is 3.81. The Bertz CT molecular complexity index is 250. The van der Waals surface area contributed by atoms with E-state index in [0.717, 1.165) is 32.2 Å². The van der Waals surface area contributed by atoms with Gasteiger partial charge in [-0.3, -0.25) is 9.59 Å². The molecule has 0 unspecified atom stereocenters. The Kier molecular flexibility index (Phi) is 5.25. The van der Waals surface area contributed by atoms with Crippen LogP contribution in [0.25, 0.3) is 0 Å². The van der Waals surface area contributed by atoms with E-state index in [1.165, 1.54) is 4.90 Å². The third-order valence-corrected chi connectivity index (χ3v) is 2.74. The van der Waals surface area contributed by atoms with Crippen molar-refractivity contribution >= 4 is 11.9 Å². The third-order valence-electron chi connectivity index (χ3n) is 2.74. The van der Waals surface area contributed by atoms with E-state index in [1.807, 2.05) is 6.92 Å².